The van der Waals surface area contributed by atoms with E-state index in [1.807, 2.05) is 30.0 Å². The zero-order chi connectivity index (χ0) is 20.2. The van der Waals surface area contributed by atoms with E-state index in [0.717, 1.165) is 60.0 Å². The molecule has 1 atom stereocenters. The van der Waals surface area contributed by atoms with E-state index in [4.69, 9.17) is 9.72 Å². The summed E-state index contributed by atoms with van der Waals surface area (Å²) in [4.78, 5) is 21.6. The molecular formula is C20H28N6O2S. The summed E-state index contributed by atoms with van der Waals surface area (Å²) >= 11 is 1.49. The van der Waals surface area contributed by atoms with Gasteiger partial charge in [0.05, 0.1) is 18.8 Å². The molecule has 156 valence electrons. The number of piperidine rings is 1. The molecule has 0 radical (unpaired) electrons. The number of anilines is 2. The first-order chi connectivity index (χ1) is 14.1. The minimum absolute atomic E-state index is 0.143. The SMILES string of the molecule is Cc1nnc(Nc2cccc([C@H]3CN(CC(=O)N4CCC(C)CC4)CCO3)n2)s1. The second-order valence-corrected chi connectivity index (χ2v) is 9.04. The van der Waals surface area contributed by atoms with Crippen molar-refractivity contribution >= 4 is 28.2 Å². The lowest BCUT2D eigenvalue weighted by Gasteiger charge is -2.35. The maximum absolute atomic E-state index is 12.7. The third kappa shape index (κ3) is 5.29. The van der Waals surface area contributed by atoms with Gasteiger partial charge in [-0.1, -0.05) is 24.3 Å². The van der Waals surface area contributed by atoms with Crippen LogP contribution in [0.25, 0.3) is 0 Å². The second kappa shape index (κ2) is 9.15. The quantitative estimate of drug-likeness (QED) is 0.802. The van der Waals surface area contributed by atoms with E-state index in [2.05, 4.69) is 27.3 Å². The Kier molecular flexibility index (Phi) is 6.37. The van der Waals surface area contributed by atoms with Crippen molar-refractivity contribution < 1.29 is 9.53 Å². The van der Waals surface area contributed by atoms with Crippen molar-refractivity contribution in [2.45, 2.75) is 32.8 Å². The van der Waals surface area contributed by atoms with Crippen LogP contribution >= 0.6 is 11.3 Å². The predicted molar refractivity (Wildman–Crippen MR) is 112 cm³/mol. The fourth-order valence-electron chi connectivity index (χ4n) is 3.73. The highest BCUT2D eigenvalue weighted by Crippen LogP contribution is 2.24. The number of pyridine rings is 1. The van der Waals surface area contributed by atoms with Gasteiger partial charge in [-0.05, 0) is 37.8 Å². The Morgan fingerprint density at radius 2 is 2.10 bits per heavy atom. The van der Waals surface area contributed by atoms with Gasteiger partial charge in [-0.3, -0.25) is 9.69 Å². The van der Waals surface area contributed by atoms with Crippen LogP contribution in [0.3, 0.4) is 0 Å². The van der Waals surface area contributed by atoms with Crippen LogP contribution in [0.2, 0.25) is 0 Å². The number of hydrogen-bond acceptors (Lipinski definition) is 8. The van der Waals surface area contributed by atoms with Crippen LogP contribution < -0.4 is 5.32 Å². The number of aromatic nitrogens is 3. The number of nitrogens with zero attached hydrogens (tertiary/aromatic N) is 5. The number of amides is 1. The van der Waals surface area contributed by atoms with E-state index in [-0.39, 0.29) is 12.0 Å². The molecule has 2 aliphatic heterocycles. The van der Waals surface area contributed by atoms with E-state index in [0.29, 0.717) is 19.7 Å². The van der Waals surface area contributed by atoms with Crippen molar-refractivity contribution in [1.82, 2.24) is 25.0 Å². The Hall–Kier alpha value is -2.10. The lowest BCUT2D eigenvalue weighted by Crippen LogP contribution is -2.47. The molecule has 0 unspecified atom stereocenters. The summed E-state index contributed by atoms with van der Waals surface area (Å²) in [5.74, 6) is 1.67. The highest BCUT2D eigenvalue weighted by Gasteiger charge is 2.27. The van der Waals surface area contributed by atoms with Crippen LogP contribution in [-0.2, 0) is 9.53 Å². The van der Waals surface area contributed by atoms with Gasteiger partial charge in [0.1, 0.15) is 16.9 Å². The summed E-state index contributed by atoms with van der Waals surface area (Å²) in [6, 6.07) is 5.83. The number of ether oxygens (including phenoxy) is 1. The minimum Gasteiger partial charge on any atom is -0.369 e. The fraction of sp³-hybridized carbons (Fsp3) is 0.600. The van der Waals surface area contributed by atoms with Gasteiger partial charge in [0.25, 0.3) is 0 Å². The van der Waals surface area contributed by atoms with E-state index in [1.54, 1.807) is 0 Å². The zero-order valence-electron chi connectivity index (χ0n) is 17.0. The van der Waals surface area contributed by atoms with Crippen molar-refractivity contribution in [2.75, 3.05) is 44.6 Å². The Bertz CT molecular complexity index is 836. The van der Waals surface area contributed by atoms with Gasteiger partial charge in [0.15, 0.2) is 0 Å². The molecule has 2 fully saturated rings. The number of carbonyl (C=O) groups excluding carboxylic acids is 1. The first-order valence-corrected chi connectivity index (χ1v) is 11.0. The third-order valence-electron chi connectivity index (χ3n) is 5.51. The summed E-state index contributed by atoms with van der Waals surface area (Å²) in [7, 11) is 0. The molecule has 0 spiro atoms. The van der Waals surface area contributed by atoms with Crippen LogP contribution in [0.1, 0.15) is 36.6 Å². The maximum atomic E-state index is 12.7. The minimum atomic E-state index is -0.143. The molecule has 0 aliphatic carbocycles. The fourth-order valence-corrected chi connectivity index (χ4v) is 4.33. The Morgan fingerprint density at radius 1 is 1.28 bits per heavy atom. The smallest absolute Gasteiger partial charge is 0.236 e. The summed E-state index contributed by atoms with van der Waals surface area (Å²) < 4.78 is 5.96. The van der Waals surface area contributed by atoms with Gasteiger partial charge in [0.2, 0.25) is 11.0 Å². The van der Waals surface area contributed by atoms with Crippen LogP contribution in [0.5, 0.6) is 0 Å². The normalized spacial score (nSPS) is 21.3. The van der Waals surface area contributed by atoms with Crippen molar-refractivity contribution in [1.29, 1.82) is 0 Å². The topological polar surface area (TPSA) is 83.5 Å². The van der Waals surface area contributed by atoms with Crippen LogP contribution in [0.15, 0.2) is 18.2 Å². The number of likely N-dealkylation sites (tertiary alicyclic amines) is 1. The molecule has 2 aromatic rings. The lowest BCUT2D eigenvalue weighted by molar-refractivity contribution is -0.135. The van der Waals surface area contributed by atoms with Crippen molar-refractivity contribution in [3.05, 3.63) is 28.9 Å². The first kappa shape index (κ1) is 20.2. The van der Waals surface area contributed by atoms with E-state index in [9.17, 15) is 4.79 Å². The molecule has 1 amide bonds. The molecule has 1 N–H and O–H groups in total. The number of nitrogens with one attached hydrogen (secondary N) is 1. The van der Waals surface area contributed by atoms with E-state index in [1.165, 1.54) is 11.3 Å². The van der Waals surface area contributed by atoms with Crippen LogP contribution in [0, 0.1) is 12.8 Å². The molecule has 8 nitrogen and oxygen atoms in total. The van der Waals surface area contributed by atoms with Crippen LogP contribution in [-0.4, -0.2) is 70.2 Å². The van der Waals surface area contributed by atoms with Gasteiger partial charge < -0.3 is 15.0 Å². The van der Waals surface area contributed by atoms with Gasteiger partial charge in [-0.2, -0.15) is 0 Å². The summed E-state index contributed by atoms with van der Waals surface area (Å²) in [5.41, 5.74) is 0.861. The standard InChI is InChI=1S/C20H28N6O2S/c1-14-6-8-26(9-7-14)19(27)13-25-10-11-28-17(12-25)16-4-3-5-18(21-16)22-20-24-23-15(2)29-20/h3-5,14,17H,6-13H2,1-2H3,(H,21,22,24)/t17-/m1/s1. The van der Waals surface area contributed by atoms with Crippen molar-refractivity contribution in [3.63, 3.8) is 0 Å². The predicted octanol–water partition coefficient (Wildman–Crippen LogP) is 2.62. The van der Waals surface area contributed by atoms with Gasteiger partial charge in [-0.25, -0.2) is 4.98 Å². The van der Waals surface area contributed by atoms with E-state index >= 15 is 0 Å². The van der Waals surface area contributed by atoms with Gasteiger partial charge >= 0.3 is 0 Å². The first-order valence-electron chi connectivity index (χ1n) is 10.2. The highest BCUT2D eigenvalue weighted by molar-refractivity contribution is 7.15. The number of aryl methyl sites for hydroxylation is 1. The average Bonchev–Trinajstić information content (AvgIpc) is 3.13. The number of carbonyl (C=O) groups is 1. The lowest BCUT2D eigenvalue weighted by atomic mass is 9.99. The molecule has 4 rings (SSSR count). The summed E-state index contributed by atoms with van der Waals surface area (Å²) in [6.45, 7) is 8.45. The molecule has 0 aromatic carbocycles. The highest BCUT2D eigenvalue weighted by atomic mass is 32.1. The number of rotatable bonds is 5. The van der Waals surface area contributed by atoms with Crippen LogP contribution in [0.4, 0.5) is 10.9 Å². The number of hydrogen-bond donors (Lipinski definition) is 1. The molecular weight excluding hydrogens is 388 g/mol. The largest absolute Gasteiger partial charge is 0.369 e. The van der Waals surface area contributed by atoms with Crippen molar-refractivity contribution in [2.24, 2.45) is 5.92 Å². The van der Waals surface area contributed by atoms with Gasteiger partial charge in [0, 0.05) is 26.2 Å². The molecule has 9 heteroatoms. The molecule has 0 bridgehead atoms. The maximum Gasteiger partial charge on any atom is 0.236 e. The molecule has 29 heavy (non-hydrogen) atoms. The van der Waals surface area contributed by atoms with Crippen molar-refractivity contribution in [3.8, 4) is 0 Å². The Balaban J connectivity index is 1.35. The number of morpholine rings is 1. The molecule has 2 aliphatic rings. The van der Waals surface area contributed by atoms with Gasteiger partial charge in [-0.15, -0.1) is 10.2 Å². The molecule has 2 aromatic heterocycles. The molecule has 4 heterocycles. The molecule has 0 saturated carbocycles. The average molecular weight is 417 g/mol. The zero-order valence-corrected chi connectivity index (χ0v) is 17.8. The Labute approximate surface area is 175 Å². The third-order valence-corrected chi connectivity index (χ3v) is 6.26. The molecule has 2 saturated heterocycles. The second-order valence-electron chi connectivity index (χ2n) is 7.86. The monoisotopic (exact) mass is 416 g/mol. The Morgan fingerprint density at radius 3 is 2.86 bits per heavy atom. The summed E-state index contributed by atoms with van der Waals surface area (Å²) in [5, 5.41) is 12.9. The summed E-state index contributed by atoms with van der Waals surface area (Å²) in [6.07, 6.45) is 2.07. The van der Waals surface area contributed by atoms with E-state index < -0.39 is 0 Å².